The number of carbonyl (C=O) groups excluding carboxylic acids is 1. The molecule has 0 saturated heterocycles. The van der Waals surface area contributed by atoms with Crippen molar-refractivity contribution in [3.63, 3.8) is 0 Å². The third-order valence-electron chi connectivity index (χ3n) is 1.14. The Labute approximate surface area is 68.7 Å². The molecule has 0 bridgehead atoms. The van der Waals surface area contributed by atoms with E-state index >= 15 is 0 Å². The van der Waals surface area contributed by atoms with Gasteiger partial charge in [0.05, 0.1) is 0 Å². The van der Waals surface area contributed by atoms with Crippen LogP contribution in [0.4, 0.5) is 26.3 Å². The lowest BCUT2D eigenvalue weighted by molar-refractivity contribution is -0.180. The SMILES string of the molecule is NC(CC(=O)C(F)(F)F)C(F)(F)F. The van der Waals surface area contributed by atoms with Crippen LogP contribution in [0.25, 0.3) is 0 Å². The van der Waals surface area contributed by atoms with Gasteiger partial charge in [-0.2, -0.15) is 26.3 Å². The van der Waals surface area contributed by atoms with Crippen LogP contribution in [0, 0.1) is 0 Å². The Morgan fingerprint density at radius 1 is 1.15 bits per heavy atom. The zero-order valence-corrected chi connectivity index (χ0v) is 6.04. The molecular weight excluding hydrogens is 204 g/mol. The van der Waals surface area contributed by atoms with Crippen LogP contribution in [0.15, 0.2) is 0 Å². The van der Waals surface area contributed by atoms with E-state index in [4.69, 9.17) is 0 Å². The first-order valence-electron chi connectivity index (χ1n) is 2.97. The maximum absolute atomic E-state index is 11.6. The number of alkyl halides is 6. The van der Waals surface area contributed by atoms with Crippen LogP contribution in [0.5, 0.6) is 0 Å². The molecule has 0 rings (SSSR count). The molecule has 0 aliphatic rings. The first-order valence-corrected chi connectivity index (χ1v) is 2.97. The maximum Gasteiger partial charge on any atom is 0.450 e. The molecule has 0 saturated carbocycles. The van der Waals surface area contributed by atoms with Crippen molar-refractivity contribution >= 4 is 5.78 Å². The second-order valence-electron chi connectivity index (χ2n) is 2.27. The molecule has 0 amide bonds. The van der Waals surface area contributed by atoms with E-state index in [-0.39, 0.29) is 0 Å². The Morgan fingerprint density at radius 2 is 1.54 bits per heavy atom. The van der Waals surface area contributed by atoms with Gasteiger partial charge in [0.15, 0.2) is 0 Å². The molecule has 0 aromatic rings. The molecular formula is C5H5F6NO. The fourth-order valence-electron chi connectivity index (χ4n) is 0.431. The summed E-state index contributed by atoms with van der Waals surface area (Å²) in [4.78, 5) is 10.0. The van der Waals surface area contributed by atoms with Crippen molar-refractivity contribution in [1.29, 1.82) is 0 Å². The molecule has 0 fully saturated rings. The summed E-state index contributed by atoms with van der Waals surface area (Å²) in [6.45, 7) is 0. The highest BCUT2D eigenvalue weighted by Gasteiger charge is 2.45. The number of Topliss-reactive ketones (excluding diaryl/α,β-unsaturated/α-hetero) is 1. The van der Waals surface area contributed by atoms with Gasteiger partial charge >= 0.3 is 12.4 Å². The second-order valence-corrected chi connectivity index (χ2v) is 2.27. The summed E-state index contributed by atoms with van der Waals surface area (Å²) in [7, 11) is 0. The van der Waals surface area contributed by atoms with Crippen LogP contribution >= 0.6 is 0 Å². The predicted molar refractivity (Wildman–Crippen MR) is 29.7 cm³/mol. The Kier molecular flexibility index (Phi) is 3.31. The van der Waals surface area contributed by atoms with Gasteiger partial charge in [-0.05, 0) is 0 Å². The van der Waals surface area contributed by atoms with Crippen molar-refractivity contribution in [2.45, 2.75) is 24.8 Å². The number of carbonyl (C=O) groups is 1. The lowest BCUT2D eigenvalue weighted by Gasteiger charge is -2.15. The molecule has 0 heterocycles. The van der Waals surface area contributed by atoms with Crippen molar-refractivity contribution in [3.05, 3.63) is 0 Å². The van der Waals surface area contributed by atoms with Gasteiger partial charge in [0, 0.05) is 6.42 Å². The van der Waals surface area contributed by atoms with E-state index in [9.17, 15) is 31.1 Å². The van der Waals surface area contributed by atoms with Crippen LogP contribution in [0.2, 0.25) is 0 Å². The molecule has 0 aromatic carbocycles. The second kappa shape index (κ2) is 3.52. The zero-order valence-electron chi connectivity index (χ0n) is 6.04. The Hall–Kier alpha value is -0.790. The van der Waals surface area contributed by atoms with E-state index in [1.807, 2.05) is 0 Å². The Bertz CT molecular complexity index is 194. The van der Waals surface area contributed by atoms with Crippen molar-refractivity contribution in [2.24, 2.45) is 5.73 Å². The third-order valence-corrected chi connectivity index (χ3v) is 1.14. The van der Waals surface area contributed by atoms with Crippen molar-refractivity contribution < 1.29 is 31.1 Å². The van der Waals surface area contributed by atoms with Gasteiger partial charge in [-0.1, -0.05) is 0 Å². The summed E-state index contributed by atoms with van der Waals surface area (Å²) in [6.07, 6.45) is -12.0. The number of halogens is 6. The summed E-state index contributed by atoms with van der Waals surface area (Å²) >= 11 is 0. The van der Waals surface area contributed by atoms with Gasteiger partial charge in [0.25, 0.3) is 0 Å². The molecule has 2 N–H and O–H groups in total. The molecule has 2 nitrogen and oxygen atoms in total. The number of ketones is 1. The fraction of sp³-hybridized carbons (Fsp3) is 0.800. The Balaban J connectivity index is 4.24. The van der Waals surface area contributed by atoms with E-state index in [0.717, 1.165) is 0 Å². The van der Waals surface area contributed by atoms with E-state index in [1.54, 1.807) is 0 Å². The number of hydrogen-bond donors (Lipinski definition) is 1. The largest absolute Gasteiger partial charge is 0.450 e. The minimum atomic E-state index is -5.26. The smallest absolute Gasteiger partial charge is 0.320 e. The molecule has 8 heteroatoms. The van der Waals surface area contributed by atoms with Gasteiger partial charge < -0.3 is 5.73 Å². The minimum absolute atomic E-state index is 1.77. The highest BCUT2D eigenvalue weighted by molar-refractivity contribution is 5.84. The highest BCUT2D eigenvalue weighted by atomic mass is 19.4. The lowest BCUT2D eigenvalue weighted by Crippen LogP contribution is -2.41. The van der Waals surface area contributed by atoms with E-state index in [2.05, 4.69) is 5.73 Å². The zero-order chi connectivity index (χ0) is 10.9. The van der Waals surface area contributed by atoms with Gasteiger partial charge in [-0.3, -0.25) is 4.79 Å². The predicted octanol–water partition coefficient (Wildman–Crippen LogP) is 1.40. The summed E-state index contributed by atoms with van der Waals surface area (Å²) < 4.78 is 68.9. The summed E-state index contributed by atoms with van der Waals surface area (Å²) in [5, 5.41) is 0. The normalized spacial score (nSPS) is 15.6. The summed E-state index contributed by atoms with van der Waals surface area (Å²) in [5.41, 5.74) is 4.30. The first kappa shape index (κ1) is 12.2. The average Bonchev–Trinajstić information content (AvgIpc) is 1.82. The van der Waals surface area contributed by atoms with Gasteiger partial charge in [-0.15, -0.1) is 0 Å². The molecule has 0 aliphatic heterocycles. The topological polar surface area (TPSA) is 43.1 Å². The summed E-state index contributed by atoms with van der Waals surface area (Å²) in [5.74, 6) is -2.47. The third kappa shape index (κ3) is 4.11. The summed E-state index contributed by atoms with van der Waals surface area (Å²) in [6, 6.07) is -2.76. The molecule has 1 unspecified atom stereocenters. The number of rotatable bonds is 2. The average molecular weight is 209 g/mol. The highest BCUT2D eigenvalue weighted by Crippen LogP contribution is 2.25. The number of nitrogens with two attached hydrogens (primary N) is 1. The minimum Gasteiger partial charge on any atom is -0.320 e. The van der Waals surface area contributed by atoms with Crippen LogP contribution < -0.4 is 5.73 Å². The van der Waals surface area contributed by atoms with Crippen LogP contribution in [0.3, 0.4) is 0 Å². The maximum atomic E-state index is 11.6. The molecule has 0 aromatic heterocycles. The fourth-order valence-corrected chi connectivity index (χ4v) is 0.431. The van der Waals surface area contributed by atoms with Gasteiger partial charge in [0.2, 0.25) is 5.78 Å². The molecule has 78 valence electrons. The van der Waals surface area contributed by atoms with E-state index in [0.29, 0.717) is 0 Å². The Morgan fingerprint density at radius 3 is 1.77 bits per heavy atom. The molecule has 13 heavy (non-hydrogen) atoms. The monoisotopic (exact) mass is 209 g/mol. The lowest BCUT2D eigenvalue weighted by atomic mass is 10.1. The molecule has 1 atom stereocenters. The van der Waals surface area contributed by atoms with Crippen LogP contribution in [-0.2, 0) is 4.79 Å². The van der Waals surface area contributed by atoms with E-state index < -0.39 is 30.6 Å². The van der Waals surface area contributed by atoms with Crippen LogP contribution in [-0.4, -0.2) is 24.2 Å². The molecule has 0 spiro atoms. The van der Waals surface area contributed by atoms with Crippen molar-refractivity contribution in [2.75, 3.05) is 0 Å². The van der Waals surface area contributed by atoms with Crippen molar-refractivity contribution in [3.8, 4) is 0 Å². The standard InChI is InChI=1S/C5H5F6NO/c6-4(7,8)2(12)1-3(13)5(9,10)11/h2H,1,12H2. The quantitative estimate of drug-likeness (QED) is 0.698. The van der Waals surface area contributed by atoms with Crippen molar-refractivity contribution in [1.82, 2.24) is 0 Å². The molecule has 0 radical (unpaired) electrons. The van der Waals surface area contributed by atoms with Crippen LogP contribution in [0.1, 0.15) is 6.42 Å². The molecule has 0 aliphatic carbocycles. The van der Waals surface area contributed by atoms with Gasteiger partial charge in [0.1, 0.15) is 6.04 Å². The number of hydrogen-bond acceptors (Lipinski definition) is 2. The van der Waals surface area contributed by atoms with Gasteiger partial charge in [-0.25, -0.2) is 0 Å². The first-order chi connectivity index (χ1) is 5.55. The van der Waals surface area contributed by atoms with E-state index in [1.165, 1.54) is 0 Å².